The fourth-order valence-corrected chi connectivity index (χ4v) is 4.93. The molecule has 0 aliphatic carbocycles. The van der Waals surface area contributed by atoms with Crippen LogP contribution in [0.15, 0.2) is 112 Å². The van der Waals surface area contributed by atoms with Gasteiger partial charge in [-0.3, -0.25) is 9.54 Å². The molecule has 0 spiro atoms. The first-order valence-electron chi connectivity index (χ1n) is 11.1. The van der Waals surface area contributed by atoms with Crippen LogP contribution in [0.1, 0.15) is 5.56 Å². The Morgan fingerprint density at radius 3 is 2.14 bits per heavy atom. The number of nitrogen functional groups attached to an aromatic ring is 1. The number of aryl methyl sites for hydroxylation is 1. The van der Waals surface area contributed by atoms with Gasteiger partial charge >= 0.3 is 0 Å². The SMILES string of the molecule is Cc1cc(N=Nc2cc(S(=O)(=O)O)c3ccccc3c2N)cnc1-c1ccccc1-c1ccccc1. The van der Waals surface area contributed by atoms with Crippen LogP contribution in [0.2, 0.25) is 0 Å². The molecule has 0 saturated carbocycles. The van der Waals surface area contributed by atoms with Crippen LogP contribution in [0.4, 0.5) is 17.1 Å². The maximum atomic E-state index is 12.0. The molecule has 5 rings (SSSR count). The van der Waals surface area contributed by atoms with Gasteiger partial charge in [0.1, 0.15) is 16.3 Å². The van der Waals surface area contributed by atoms with Crippen molar-refractivity contribution in [3.63, 3.8) is 0 Å². The lowest BCUT2D eigenvalue weighted by Gasteiger charge is -2.12. The summed E-state index contributed by atoms with van der Waals surface area (Å²) in [6.07, 6.45) is 1.61. The minimum atomic E-state index is -4.49. The largest absolute Gasteiger partial charge is 0.396 e. The number of hydrogen-bond acceptors (Lipinski definition) is 6. The Kier molecular flexibility index (Phi) is 6.05. The van der Waals surface area contributed by atoms with Gasteiger partial charge < -0.3 is 5.73 Å². The van der Waals surface area contributed by atoms with Crippen molar-refractivity contribution in [3.05, 3.63) is 103 Å². The van der Waals surface area contributed by atoms with E-state index in [-0.39, 0.29) is 16.3 Å². The zero-order chi connectivity index (χ0) is 25.3. The molecule has 3 N–H and O–H groups in total. The zero-order valence-corrected chi connectivity index (χ0v) is 20.1. The summed E-state index contributed by atoms with van der Waals surface area (Å²) in [5, 5.41) is 9.22. The van der Waals surface area contributed by atoms with E-state index in [4.69, 9.17) is 5.73 Å². The molecule has 36 heavy (non-hydrogen) atoms. The van der Waals surface area contributed by atoms with Crippen molar-refractivity contribution >= 4 is 38.0 Å². The summed E-state index contributed by atoms with van der Waals surface area (Å²) < 4.78 is 33.6. The fourth-order valence-electron chi connectivity index (χ4n) is 4.21. The number of anilines is 1. The number of fused-ring (bicyclic) bond motifs is 1. The normalized spacial score (nSPS) is 11.8. The lowest BCUT2D eigenvalue weighted by molar-refractivity contribution is 0.484. The van der Waals surface area contributed by atoms with Gasteiger partial charge in [0.25, 0.3) is 10.1 Å². The molecule has 0 aliphatic rings. The molecule has 1 heterocycles. The quantitative estimate of drug-likeness (QED) is 0.153. The summed E-state index contributed by atoms with van der Waals surface area (Å²) in [5.74, 6) is 0. The van der Waals surface area contributed by atoms with E-state index in [0.29, 0.717) is 16.5 Å². The summed E-state index contributed by atoms with van der Waals surface area (Å²) >= 11 is 0. The van der Waals surface area contributed by atoms with Crippen LogP contribution in [0, 0.1) is 6.92 Å². The van der Waals surface area contributed by atoms with Crippen LogP contribution in [0.5, 0.6) is 0 Å². The number of benzene rings is 4. The van der Waals surface area contributed by atoms with E-state index in [9.17, 15) is 13.0 Å². The van der Waals surface area contributed by atoms with E-state index in [0.717, 1.165) is 27.9 Å². The van der Waals surface area contributed by atoms with Gasteiger partial charge in [0.15, 0.2) is 0 Å². The molecule has 0 amide bonds. The predicted molar refractivity (Wildman–Crippen MR) is 142 cm³/mol. The highest BCUT2D eigenvalue weighted by molar-refractivity contribution is 7.86. The van der Waals surface area contributed by atoms with Crippen LogP contribution in [-0.4, -0.2) is 18.0 Å². The van der Waals surface area contributed by atoms with Crippen molar-refractivity contribution in [1.29, 1.82) is 0 Å². The number of nitrogens with two attached hydrogens (primary N) is 1. The van der Waals surface area contributed by atoms with Gasteiger partial charge in [0, 0.05) is 16.3 Å². The number of aromatic nitrogens is 1. The van der Waals surface area contributed by atoms with Crippen molar-refractivity contribution in [2.75, 3.05) is 5.73 Å². The number of rotatable bonds is 5. The second-order valence-electron chi connectivity index (χ2n) is 8.30. The van der Waals surface area contributed by atoms with Crippen molar-refractivity contribution < 1.29 is 13.0 Å². The Morgan fingerprint density at radius 2 is 1.44 bits per heavy atom. The Bertz CT molecular complexity index is 1730. The average molecular weight is 495 g/mol. The maximum absolute atomic E-state index is 12.0. The van der Waals surface area contributed by atoms with Crippen LogP contribution in [0.3, 0.4) is 0 Å². The second kappa shape index (κ2) is 9.33. The summed E-state index contributed by atoms with van der Waals surface area (Å²) in [7, 11) is -4.49. The topological polar surface area (TPSA) is 118 Å². The molecule has 0 saturated heterocycles. The molecular formula is C28H22N4O3S. The van der Waals surface area contributed by atoms with Crippen LogP contribution in [0.25, 0.3) is 33.2 Å². The molecule has 178 valence electrons. The minimum Gasteiger partial charge on any atom is -0.396 e. The number of hydrogen-bond donors (Lipinski definition) is 2. The number of pyridine rings is 1. The van der Waals surface area contributed by atoms with Gasteiger partial charge in [0.2, 0.25) is 0 Å². The minimum absolute atomic E-state index is 0.137. The average Bonchev–Trinajstić information content (AvgIpc) is 2.88. The van der Waals surface area contributed by atoms with Crippen molar-refractivity contribution in [2.45, 2.75) is 11.8 Å². The fraction of sp³-hybridized carbons (Fsp3) is 0.0357. The maximum Gasteiger partial charge on any atom is 0.295 e. The van der Waals surface area contributed by atoms with Gasteiger partial charge in [-0.05, 0) is 35.7 Å². The third-order valence-corrected chi connectivity index (χ3v) is 6.80. The van der Waals surface area contributed by atoms with Crippen molar-refractivity contribution in [2.24, 2.45) is 10.2 Å². The molecular weight excluding hydrogens is 472 g/mol. The molecule has 0 bridgehead atoms. The number of azo groups is 1. The van der Waals surface area contributed by atoms with E-state index in [1.165, 1.54) is 6.07 Å². The molecule has 0 radical (unpaired) electrons. The highest BCUT2D eigenvalue weighted by atomic mass is 32.2. The highest BCUT2D eigenvalue weighted by Gasteiger charge is 2.18. The Hall–Kier alpha value is -4.40. The first kappa shape index (κ1) is 23.3. The zero-order valence-electron chi connectivity index (χ0n) is 19.3. The van der Waals surface area contributed by atoms with E-state index < -0.39 is 10.1 Å². The van der Waals surface area contributed by atoms with Gasteiger partial charge in [-0.15, -0.1) is 10.2 Å². The van der Waals surface area contributed by atoms with E-state index in [2.05, 4.69) is 33.4 Å². The standard InChI is InChI=1S/C28H22N4O3S/c1-18-15-20(17-30-28(18)24-14-8-5-11-21(24)19-9-3-2-4-10-19)31-32-25-16-26(36(33,34)35)22-12-6-7-13-23(22)27(25)29/h2-17H,29H2,1H3,(H,33,34,35). The van der Waals surface area contributed by atoms with Crippen LogP contribution in [-0.2, 0) is 10.1 Å². The first-order chi connectivity index (χ1) is 17.3. The lowest BCUT2D eigenvalue weighted by Crippen LogP contribution is -2.01. The van der Waals surface area contributed by atoms with Crippen molar-refractivity contribution in [1.82, 2.24) is 4.98 Å². The highest BCUT2D eigenvalue weighted by Crippen LogP contribution is 2.37. The Balaban J connectivity index is 1.54. The Morgan fingerprint density at radius 1 is 0.806 bits per heavy atom. The molecule has 5 aromatic rings. The molecule has 4 aromatic carbocycles. The van der Waals surface area contributed by atoms with Crippen LogP contribution < -0.4 is 5.73 Å². The summed E-state index contributed by atoms with van der Waals surface area (Å²) in [4.78, 5) is 4.38. The third kappa shape index (κ3) is 4.47. The van der Waals surface area contributed by atoms with Crippen LogP contribution >= 0.6 is 0 Å². The van der Waals surface area contributed by atoms with Gasteiger partial charge in [0.05, 0.1) is 17.6 Å². The lowest BCUT2D eigenvalue weighted by atomic mass is 9.95. The molecule has 0 fully saturated rings. The molecule has 8 heteroatoms. The smallest absolute Gasteiger partial charge is 0.295 e. The predicted octanol–water partition coefficient (Wildman–Crippen LogP) is 7.12. The summed E-state index contributed by atoms with van der Waals surface area (Å²) in [6, 6.07) is 27.9. The Labute approximate surface area is 208 Å². The van der Waals surface area contributed by atoms with E-state index in [1.54, 1.807) is 30.5 Å². The molecule has 0 unspecified atom stereocenters. The van der Waals surface area contributed by atoms with Gasteiger partial charge in [-0.2, -0.15) is 8.42 Å². The molecule has 0 aliphatic heterocycles. The number of nitrogens with zero attached hydrogens (tertiary/aromatic N) is 3. The molecule has 7 nitrogen and oxygen atoms in total. The van der Waals surface area contributed by atoms with Gasteiger partial charge in [-0.1, -0.05) is 78.9 Å². The molecule has 1 aromatic heterocycles. The van der Waals surface area contributed by atoms with E-state index in [1.807, 2.05) is 49.4 Å². The summed E-state index contributed by atoms with van der Waals surface area (Å²) in [5.41, 5.74) is 12.0. The summed E-state index contributed by atoms with van der Waals surface area (Å²) in [6.45, 7) is 1.95. The van der Waals surface area contributed by atoms with Gasteiger partial charge in [-0.25, -0.2) is 0 Å². The first-order valence-corrected chi connectivity index (χ1v) is 12.6. The van der Waals surface area contributed by atoms with E-state index >= 15 is 0 Å². The second-order valence-corrected chi connectivity index (χ2v) is 9.69. The molecule has 0 atom stereocenters. The van der Waals surface area contributed by atoms with Crippen molar-refractivity contribution in [3.8, 4) is 22.4 Å². The third-order valence-electron chi connectivity index (χ3n) is 5.91. The monoisotopic (exact) mass is 494 g/mol.